The first kappa shape index (κ1) is 11.9. The molecule has 3 heteroatoms. The molecule has 0 saturated carbocycles. The number of hydrogen-bond donors (Lipinski definition) is 0. The zero-order valence-corrected chi connectivity index (χ0v) is 10.8. The van der Waals surface area contributed by atoms with E-state index in [0.29, 0.717) is 10.8 Å². The van der Waals surface area contributed by atoms with Gasteiger partial charge in [-0.25, -0.2) is 0 Å². The molecule has 0 N–H and O–H groups in total. The Morgan fingerprint density at radius 3 is 2.58 bits per heavy atom. The van der Waals surface area contributed by atoms with E-state index in [1.807, 2.05) is 54.6 Å². The summed E-state index contributed by atoms with van der Waals surface area (Å²) in [4.78, 5) is 0. The third kappa shape index (κ3) is 2.64. The molecule has 0 aliphatic carbocycles. The van der Waals surface area contributed by atoms with Crippen molar-refractivity contribution in [2.75, 3.05) is 0 Å². The van der Waals surface area contributed by atoms with Crippen LogP contribution in [0.5, 0.6) is 11.5 Å². The van der Waals surface area contributed by atoms with Crippen molar-refractivity contribution < 1.29 is 9.15 Å². The van der Waals surface area contributed by atoms with E-state index in [-0.39, 0.29) is 0 Å². The highest BCUT2D eigenvalue weighted by Gasteiger charge is 2.09. The van der Waals surface area contributed by atoms with Gasteiger partial charge in [0.05, 0.1) is 11.8 Å². The van der Waals surface area contributed by atoms with Crippen LogP contribution in [0.1, 0.15) is 0 Å². The maximum Gasteiger partial charge on any atom is 0.138 e. The number of benzene rings is 2. The molecule has 0 aliphatic heterocycles. The topological polar surface area (TPSA) is 22.4 Å². The maximum atomic E-state index is 5.95. The van der Waals surface area contributed by atoms with Gasteiger partial charge in [-0.1, -0.05) is 29.8 Å². The maximum absolute atomic E-state index is 5.95. The number of para-hydroxylation sites is 1. The van der Waals surface area contributed by atoms with Gasteiger partial charge in [-0.05, 0) is 42.5 Å². The molecule has 0 atom stereocenters. The summed E-state index contributed by atoms with van der Waals surface area (Å²) in [6.07, 6.45) is 1.64. The molecule has 0 bridgehead atoms. The van der Waals surface area contributed by atoms with E-state index in [9.17, 15) is 0 Å². The van der Waals surface area contributed by atoms with Gasteiger partial charge in [-0.15, -0.1) is 0 Å². The predicted molar refractivity (Wildman–Crippen MR) is 75.7 cm³/mol. The predicted octanol–water partition coefficient (Wildman–Crippen LogP) is 5.39. The van der Waals surface area contributed by atoms with Crippen LogP contribution in [0, 0.1) is 0 Å². The molecular weight excluding hydrogens is 260 g/mol. The van der Waals surface area contributed by atoms with Crippen LogP contribution in [0.25, 0.3) is 11.3 Å². The van der Waals surface area contributed by atoms with Crippen molar-refractivity contribution in [3.05, 3.63) is 71.9 Å². The van der Waals surface area contributed by atoms with Gasteiger partial charge in [0.25, 0.3) is 0 Å². The minimum absolute atomic E-state index is 0.646. The Morgan fingerprint density at radius 2 is 1.79 bits per heavy atom. The normalized spacial score (nSPS) is 10.4. The molecule has 3 aromatic rings. The van der Waals surface area contributed by atoms with Crippen LogP contribution in [-0.2, 0) is 0 Å². The number of halogens is 1. The lowest BCUT2D eigenvalue weighted by Gasteiger charge is -2.09. The zero-order valence-electron chi connectivity index (χ0n) is 10.0. The lowest BCUT2D eigenvalue weighted by Crippen LogP contribution is -1.87. The fraction of sp³-hybridized carbons (Fsp3) is 0. The van der Waals surface area contributed by atoms with Crippen molar-refractivity contribution in [1.82, 2.24) is 0 Å². The number of rotatable bonds is 3. The molecule has 0 fully saturated rings. The molecular formula is C16H11ClO2. The van der Waals surface area contributed by atoms with Crippen molar-refractivity contribution in [2.24, 2.45) is 0 Å². The molecule has 0 unspecified atom stereocenters. The van der Waals surface area contributed by atoms with Gasteiger partial charge < -0.3 is 9.15 Å². The molecule has 0 amide bonds. The monoisotopic (exact) mass is 270 g/mol. The average molecular weight is 271 g/mol. The summed E-state index contributed by atoms with van der Waals surface area (Å²) in [6.45, 7) is 0. The number of hydrogen-bond acceptors (Lipinski definition) is 2. The smallest absolute Gasteiger partial charge is 0.138 e. The first-order chi connectivity index (χ1) is 9.33. The number of ether oxygens (including phenoxy) is 1. The second-order valence-corrected chi connectivity index (χ2v) is 4.47. The Balaban J connectivity index is 1.97. The van der Waals surface area contributed by atoms with Gasteiger partial charge in [-0.2, -0.15) is 0 Å². The lowest BCUT2D eigenvalue weighted by atomic mass is 10.1. The van der Waals surface area contributed by atoms with Crippen molar-refractivity contribution >= 4 is 11.6 Å². The molecule has 19 heavy (non-hydrogen) atoms. The van der Waals surface area contributed by atoms with Crippen molar-refractivity contribution in [2.45, 2.75) is 0 Å². The summed E-state index contributed by atoms with van der Waals surface area (Å²) in [5.41, 5.74) is 0.910. The fourth-order valence-electron chi connectivity index (χ4n) is 1.85. The highest BCUT2D eigenvalue weighted by molar-refractivity contribution is 6.30. The Bertz CT molecular complexity index is 675. The summed E-state index contributed by atoms with van der Waals surface area (Å²) in [5.74, 6) is 2.21. The fourth-order valence-corrected chi connectivity index (χ4v) is 2.03. The molecule has 1 aromatic heterocycles. The largest absolute Gasteiger partial charge is 0.464 e. The quantitative estimate of drug-likeness (QED) is 0.636. The third-order valence-electron chi connectivity index (χ3n) is 2.70. The summed E-state index contributed by atoms with van der Waals surface area (Å²) >= 11 is 5.95. The third-order valence-corrected chi connectivity index (χ3v) is 2.93. The minimum Gasteiger partial charge on any atom is -0.464 e. The van der Waals surface area contributed by atoms with E-state index in [1.165, 1.54) is 0 Å². The van der Waals surface area contributed by atoms with Crippen LogP contribution in [0.2, 0.25) is 5.02 Å². The Kier molecular flexibility index (Phi) is 3.25. The highest BCUT2D eigenvalue weighted by Crippen LogP contribution is 2.33. The van der Waals surface area contributed by atoms with Gasteiger partial charge in [0, 0.05) is 5.02 Å². The van der Waals surface area contributed by atoms with Crippen LogP contribution >= 0.6 is 11.6 Å². The van der Waals surface area contributed by atoms with Gasteiger partial charge in [0.1, 0.15) is 17.3 Å². The van der Waals surface area contributed by atoms with E-state index in [1.54, 1.807) is 12.3 Å². The zero-order chi connectivity index (χ0) is 13.1. The van der Waals surface area contributed by atoms with E-state index >= 15 is 0 Å². The number of furan rings is 1. The molecule has 0 saturated heterocycles. The lowest BCUT2D eigenvalue weighted by molar-refractivity contribution is 0.481. The van der Waals surface area contributed by atoms with Crippen molar-refractivity contribution in [3.8, 4) is 22.8 Å². The van der Waals surface area contributed by atoms with Crippen LogP contribution in [0.4, 0.5) is 0 Å². The van der Waals surface area contributed by atoms with E-state index in [4.69, 9.17) is 20.8 Å². The standard InChI is InChI=1S/C16H11ClO2/c17-12-5-3-6-13(11-12)19-16-8-2-1-7-14(16)15-9-4-10-18-15/h1-11H. The Morgan fingerprint density at radius 1 is 0.895 bits per heavy atom. The molecule has 0 spiro atoms. The Labute approximate surface area is 116 Å². The summed E-state index contributed by atoms with van der Waals surface area (Å²) in [7, 11) is 0. The molecule has 2 aromatic carbocycles. The van der Waals surface area contributed by atoms with E-state index < -0.39 is 0 Å². The van der Waals surface area contributed by atoms with Crippen LogP contribution in [0.15, 0.2) is 71.3 Å². The summed E-state index contributed by atoms with van der Waals surface area (Å²) in [6, 6.07) is 18.8. The molecule has 3 rings (SSSR count). The van der Waals surface area contributed by atoms with Gasteiger partial charge in [0.15, 0.2) is 0 Å². The minimum atomic E-state index is 0.646. The molecule has 0 radical (unpaired) electrons. The molecule has 94 valence electrons. The first-order valence-corrected chi connectivity index (χ1v) is 6.27. The molecule has 2 nitrogen and oxygen atoms in total. The summed E-state index contributed by atoms with van der Waals surface area (Å²) in [5, 5.41) is 0.646. The first-order valence-electron chi connectivity index (χ1n) is 5.89. The van der Waals surface area contributed by atoms with Crippen LogP contribution in [0.3, 0.4) is 0 Å². The highest BCUT2D eigenvalue weighted by atomic mass is 35.5. The SMILES string of the molecule is Clc1cccc(Oc2ccccc2-c2ccco2)c1. The summed E-state index contributed by atoms with van der Waals surface area (Å²) < 4.78 is 11.3. The van der Waals surface area contributed by atoms with Crippen molar-refractivity contribution in [1.29, 1.82) is 0 Å². The molecule has 1 heterocycles. The van der Waals surface area contributed by atoms with Gasteiger partial charge >= 0.3 is 0 Å². The average Bonchev–Trinajstić information content (AvgIpc) is 2.93. The van der Waals surface area contributed by atoms with Crippen molar-refractivity contribution in [3.63, 3.8) is 0 Å². The van der Waals surface area contributed by atoms with Gasteiger partial charge in [0.2, 0.25) is 0 Å². The van der Waals surface area contributed by atoms with Crippen LogP contribution in [-0.4, -0.2) is 0 Å². The van der Waals surface area contributed by atoms with Gasteiger partial charge in [-0.3, -0.25) is 0 Å². The second kappa shape index (κ2) is 5.21. The Hall–Kier alpha value is -2.19. The van der Waals surface area contributed by atoms with E-state index in [0.717, 1.165) is 17.1 Å². The molecule has 0 aliphatic rings. The van der Waals surface area contributed by atoms with Crippen LogP contribution < -0.4 is 4.74 Å². The second-order valence-electron chi connectivity index (χ2n) is 4.03. The van der Waals surface area contributed by atoms with E-state index in [2.05, 4.69) is 0 Å².